The summed E-state index contributed by atoms with van der Waals surface area (Å²) in [5.74, 6) is 0.402. The molecule has 0 aromatic carbocycles. The van der Waals surface area contributed by atoms with E-state index in [0.717, 1.165) is 5.69 Å². The Hall–Kier alpha value is -2.22. The molecule has 0 unspecified atom stereocenters. The first-order valence-corrected chi connectivity index (χ1v) is 6.19. The van der Waals surface area contributed by atoms with Gasteiger partial charge in [-0.05, 0) is 18.4 Å². The Bertz CT molecular complexity index is 543. The van der Waals surface area contributed by atoms with Crippen molar-refractivity contribution in [3.05, 3.63) is 33.3 Å². The molecule has 0 aliphatic carbocycles. The molecule has 0 bridgehead atoms. The van der Waals surface area contributed by atoms with E-state index >= 15 is 0 Å². The summed E-state index contributed by atoms with van der Waals surface area (Å²) in [6.45, 7) is 2.40. The van der Waals surface area contributed by atoms with Gasteiger partial charge in [0.1, 0.15) is 6.33 Å². The van der Waals surface area contributed by atoms with Crippen LogP contribution in [0.15, 0.2) is 23.2 Å². The number of thiophene rings is 1. The third-order valence-electron chi connectivity index (χ3n) is 2.13. The van der Waals surface area contributed by atoms with Crippen molar-refractivity contribution in [2.75, 3.05) is 17.2 Å². The minimum absolute atomic E-state index is 0.148. The predicted octanol–water partition coefficient (Wildman–Crippen LogP) is 2.62. The van der Waals surface area contributed by atoms with Crippen LogP contribution in [0.2, 0.25) is 0 Å². The number of nitrogens with zero attached hydrogens (tertiary/aromatic N) is 3. The molecular weight excluding hydrogens is 254 g/mol. The Morgan fingerprint density at radius 1 is 1.44 bits per heavy atom. The van der Waals surface area contributed by atoms with Crippen molar-refractivity contribution < 1.29 is 4.92 Å². The van der Waals surface area contributed by atoms with Crippen molar-refractivity contribution in [2.45, 2.75) is 6.92 Å². The molecule has 2 rings (SSSR count). The van der Waals surface area contributed by atoms with Crippen molar-refractivity contribution in [3.63, 3.8) is 0 Å². The van der Waals surface area contributed by atoms with E-state index in [2.05, 4.69) is 20.6 Å². The van der Waals surface area contributed by atoms with E-state index < -0.39 is 4.92 Å². The number of hydrogen-bond donors (Lipinski definition) is 2. The van der Waals surface area contributed by atoms with Gasteiger partial charge in [-0.1, -0.05) is 0 Å². The van der Waals surface area contributed by atoms with E-state index in [0.29, 0.717) is 6.54 Å². The highest BCUT2D eigenvalue weighted by molar-refractivity contribution is 7.08. The lowest BCUT2D eigenvalue weighted by Gasteiger charge is -2.07. The second-order valence-corrected chi connectivity index (χ2v) is 4.12. The molecule has 0 radical (unpaired) electrons. The SMILES string of the molecule is CCNc1ncnc(Nc2ccsc2)c1[N+](=O)[O-]. The van der Waals surface area contributed by atoms with Crippen LogP contribution in [0, 0.1) is 10.1 Å². The van der Waals surface area contributed by atoms with Crippen LogP contribution in [0.3, 0.4) is 0 Å². The molecule has 0 saturated carbocycles. The molecule has 2 aromatic rings. The van der Waals surface area contributed by atoms with Crippen LogP contribution in [-0.2, 0) is 0 Å². The number of hydrogen-bond acceptors (Lipinski definition) is 7. The molecule has 2 heterocycles. The number of nitro groups is 1. The van der Waals surface area contributed by atoms with E-state index in [-0.39, 0.29) is 17.3 Å². The summed E-state index contributed by atoms with van der Waals surface area (Å²) in [5.41, 5.74) is 0.620. The molecule has 0 saturated heterocycles. The van der Waals surface area contributed by atoms with Crippen LogP contribution in [-0.4, -0.2) is 21.4 Å². The Labute approximate surface area is 107 Å². The Balaban J connectivity index is 2.39. The Kier molecular flexibility index (Phi) is 3.68. The van der Waals surface area contributed by atoms with E-state index in [4.69, 9.17) is 0 Å². The Morgan fingerprint density at radius 2 is 2.22 bits per heavy atom. The molecule has 0 aliphatic heterocycles. The van der Waals surface area contributed by atoms with Gasteiger partial charge in [-0.15, -0.1) is 0 Å². The Morgan fingerprint density at radius 3 is 2.83 bits per heavy atom. The molecule has 8 heteroatoms. The average Bonchev–Trinajstić information content (AvgIpc) is 2.82. The second-order valence-electron chi connectivity index (χ2n) is 3.34. The van der Waals surface area contributed by atoms with Gasteiger partial charge in [0.25, 0.3) is 0 Å². The fraction of sp³-hybridized carbons (Fsp3) is 0.200. The van der Waals surface area contributed by atoms with Crippen molar-refractivity contribution in [3.8, 4) is 0 Å². The zero-order valence-corrected chi connectivity index (χ0v) is 10.4. The standard InChI is InChI=1S/C10H11N5O2S/c1-2-11-9-8(15(16)17)10(13-6-12-9)14-7-3-4-18-5-7/h3-6H,2H2,1H3,(H2,11,12,13,14). The quantitative estimate of drug-likeness (QED) is 0.637. The molecule has 0 atom stereocenters. The van der Waals surface area contributed by atoms with Gasteiger partial charge in [0.2, 0.25) is 11.6 Å². The lowest BCUT2D eigenvalue weighted by molar-refractivity contribution is -0.383. The zero-order chi connectivity index (χ0) is 13.0. The lowest BCUT2D eigenvalue weighted by atomic mass is 10.4. The summed E-state index contributed by atoms with van der Waals surface area (Å²) in [6.07, 6.45) is 1.29. The molecule has 2 aromatic heterocycles. The first-order valence-electron chi connectivity index (χ1n) is 5.25. The summed E-state index contributed by atoms with van der Waals surface area (Å²) in [7, 11) is 0. The van der Waals surface area contributed by atoms with Gasteiger partial charge in [-0.3, -0.25) is 10.1 Å². The van der Waals surface area contributed by atoms with Gasteiger partial charge in [-0.25, -0.2) is 9.97 Å². The van der Waals surface area contributed by atoms with Crippen LogP contribution >= 0.6 is 11.3 Å². The molecule has 0 fully saturated rings. The van der Waals surface area contributed by atoms with Gasteiger partial charge in [0, 0.05) is 11.9 Å². The van der Waals surface area contributed by atoms with Crippen LogP contribution < -0.4 is 10.6 Å². The summed E-state index contributed by atoms with van der Waals surface area (Å²) >= 11 is 1.50. The molecule has 2 N–H and O–H groups in total. The summed E-state index contributed by atoms with van der Waals surface area (Å²) in [4.78, 5) is 18.4. The third-order valence-corrected chi connectivity index (χ3v) is 2.82. The first kappa shape index (κ1) is 12.2. The van der Waals surface area contributed by atoms with Crippen molar-refractivity contribution in [1.82, 2.24) is 9.97 Å². The number of aromatic nitrogens is 2. The normalized spacial score (nSPS) is 10.1. The molecular formula is C10H11N5O2S. The van der Waals surface area contributed by atoms with Crippen molar-refractivity contribution >= 4 is 34.3 Å². The number of nitrogens with one attached hydrogen (secondary N) is 2. The topological polar surface area (TPSA) is 93.0 Å². The fourth-order valence-electron chi connectivity index (χ4n) is 1.41. The highest BCUT2D eigenvalue weighted by Crippen LogP contribution is 2.31. The maximum absolute atomic E-state index is 11.1. The van der Waals surface area contributed by atoms with Gasteiger partial charge in [0.15, 0.2) is 0 Å². The second kappa shape index (κ2) is 5.41. The van der Waals surface area contributed by atoms with Gasteiger partial charge in [-0.2, -0.15) is 11.3 Å². The average molecular weight is 265 g/mol. The van der Waals surface area contributed by atoms with Gasteiger partial charge >= 0.3 is 5.69 Å². The molecule has 0 spiro atoms. The smallest absolute Gasteiger partial charge is 0.353 e. The molecule has 7 nitrogen and oxygen atoms in total. The van der Waals surface area contributed by atoms with Crippen LogP contribution in [0.5, 0.6) is 0 Å². The van der Waals surface area contributed by atoms with Gasteiger partial charge < -0.3 is 10.6 Å². The van der Waals surface area contributed by atoms with Crippen LogP contribution in [0.1, 0.15) is 6.92 Å². The highest BCUT2D eigenvalue weighted by Gasteiger charge is 2.22. The fourth-order valence-corrected chi connectivity index (χ4v) is 2.00. The maximum atomic E-state index is 11.1. The largest absolute Gasteiger partial charge is 0.364 e. The maximum Gasteiger partial charge on any atom is 0.353 e. The van der Waals surface area contributed by atoms with Gasteiger partial charge in [0.05, 0.1) is 10.6 Å². The van der Waals surface area contributed by atoms with E-state index in [9.17, 15) is 10.1 Å². The van der Waals surface area contributed by atoms with Crippen molar-refractivity contribution in [1.29, 1.82) is 0 Å². The van der Waals surface area contributed by atoms with E-state index in [1.807, 2.05) is 23.8 Å². The lowest BCUT2D eigenvalue weighted by Crippen LogP contribution is -2.07. The van der Waals surface area contributed by atoms with Crippen molar-refractivity contribution in [2.24, 2.45) is 0 Å². The minimum Gasteiger partial charge on any atom is -0.364 e. The third kappa shape index (κ3) is 2.54. The van der Waals surface area contributed by atoms with E-state index in [1.165, 1.54) is 17.7 Å². The number of rotatable bonds is 5. The first-order chi connectivity index (χ1) is 8.72. The van der Waals surface area contributed by atoms with Crippen LogP contribution in [0.4, 0.5) is 23.0 Å². The number of anilines is 3. The summed E-state index contributed by atoms with van der Waals surface area (Å²) in [6, 6.07) is 1.82. The molecule has 0 aliphatic rings. The minimum atomic E-state index is -0.493. The molecule has 0 amide bonds. The monoisotopic (exact) mass is 265 g/mol. The predicted molar refractivity (Wildman–Crippen MR) is 70.5 cm³/mol. The molecule has 94 valence electrons. The van der Waals surface area contributed by atoms with E-state index in [1.54, 1.807) is 0 Å². The zero-order valence-electron chi connectivity index (χ0n) is 9.58. The molecule has 18 heavy (non-hydrogen) atoms. The summed E-state index contributed by atoms with van der Waals surface area (Å²) in [5, 5.41) is 20.6. The highest BCUT2D eigenvalue weighted by atomic mass is 32.1. The van der Waals surface area contributed by atoms with Crippen LogP contribution in [0.25, 0.3) is 0 Å². The summed E-state index contributed by atoms with van der Waals surface area (Å²) < 4.78 is 0.